The van der Waals surface area contributed by atoms with Gasteiger partial charge in [-0.1, -0.05) is 24.3 Å². The van der Waals surface area contributed by atoms with Gasteiger partial charge in [-0.05, 0) is 11.5 Å². The van der Waals surface area contributed by atoms with E-state index in [0.717, 1.165) is 16.5 Å². The molecule has 0 radical (unpaired) electrons. The normalized spacial score (nSPS) is 11.1. The first-order chi connectivity index (χ1) is 6.42. The number of nitrogens with two attached hydrogens (primary N) is 1. The van der Waals surface area contributed by atoms with E-state index >= 15 is 0 Å². The summed E-state index contributed by atoms with van der Waals surface area (Å²) in [5, 5.41) is 5.68. The zero-order valence-electron chi connectivity index (χ0n) is 7.01. The summed E-state index contributed by atoms with van der Waals surface area (Å²) in [5.41, 5.74) is 0.806. The Morgan fingerprint density at radius 1 is 1.23 bits per heavy atom. The molecule has 64 valence electrons. The second-order valence-corrected chi connectivity index (χ2v) is 2.70. The summed E-state index contributed by atoms with van der Waals surface area (Å²) in [6.45, 7) is 0. The minimum Gasteiger partial charge on any atom is -0.323 e. The first-order valence-electron chi connectivity index (χ1n) is 3.99. The molecule has 0 fully saturated rings. The van der Waals surface area contributed by atoms with Crippen molar-refractivity contribution in [2.45, 2.75) is 0 Å². The summed E-state index contributed by atoms with van der Waals surface area (Å²) in [4.78, 5) is 4.17. The SMILES string of the molecule is N/N=C/c1nccc2ccccc12. The van der Waals surface area contributed by atoms with Crippen LogP contribution in [0.5, 0.6) is 0 Å². The Bertz CT molecular complexity index is 443. The molecule has 0 aliphatic rings. The Labute approximate surface area is 75.9 Å². The molecule has 0 saturated heterocycles. The van der Waals surface area contributed by atoms with Crippen molar-refractivity contribution in [3.05, 3.63) is 42.2 Å². The zero-order chi connectivity index (χ0) is 9.10. The lowest BCUT2D eigenvalue weighted by Crippen LogP contribution is -1.91. The maximum absolute atomic E-state index is 5.08. The van der Waals surface area contributed by atoms with E-state index in [1.807, 2.05) is 30.3 Å². The Balaban J connectivity index is 2.75. The molecule has 3 heteroatoms. The van der Waals surface area contributed by atoms with E-state index in [4.69, 9.17) is 5.84 Å². The van der Waals surface area contributed by atoms with Crippen molar-refractivity contribution in [2.75, 3.05) is 0 Å². The van der Waals surface area contributed by atoms with Crippen molar-refractivity contribution < 1.29 is 0 Å². The second kappa shape index (κ2) is 3.23. The van der Waals surface area contributed by atoms with Crippen LogP contribution in [0.15, 0.2) is 41.6 Å². The van der Waals surface area contributed by atoms with Crippen LogP contribution >= 0.6 is 0 Å². The summed E-state index contributed by atoms with van der Waals surface area (Å²) in [6, 6.07) is 9.96. The van der Waals surface area contributed by atoms with E-state index in [1.165, 1.54) is 0 Å². The van der Waals surface area contributed by atoms with Gasteiger partial charge in [-0.2, -0.15) is 5.10 Å². The maximum Gasteiger partial charge on any atom is 0.0908 e. The monoisotopic (exact) mass is 171 g/mol. The summed E-state index contributed by atoms with van der Waals surface area (Å²) in [5.74, 6) is 5.08. The lowest BCUT2D eigenvalue weighted by molar-refractivity contribution is 1.24. The van der Waals surface area contributed by atoms with Crippen molar-refractivity contribution in [2.24, 2.45) is 10.9 Å². The average molecular weight is 171 g/mol. The van der Waals surface area contributed by atoms with Gasteiger partial charge in [-0.25, -0.2) is 0 Å². The number of aromatic nitrogens is 1. The number of hydrogen-bond acceptors (Lipinski definition) is 3. The third kappa shape index (κ3) is 1.36. The summed E-state index contributed by atoms with van der Waals surface area (Å²) >= 11 is 0. The molecular weight excluding hydrogens is 162 g/mol. The zero-order valence-corrected chi connectivity index (χ0v) is 7.01. The van der Waals surface area contributed by atoms with Gasteiger partial charge in [0.1, 0.15) is 0 Å². The van der Waals surface area contributed by atoms with Crippen LogP contribution in [-0.4, -0.2) is 11.2 Å². The quantitative estimate of drug-likeness (QED) is 0.402. The highest BCUT2D eigenvalue weighted by Gasteiger charge is 1.97. The van der Waals surface area contributed by atoms with Gasteiger partial charge >= 0.3 is 0 Å². The Morgan fingerprint density at radius 2 is 2.08 bits per heavy atom. The predicted octanol–water partition coefficient (Wildman–Crippen LogP) is 1.53. The number of rotatable bonds is 1. The molecule has 0 unspecified atom stereocenters. The predicted molar refractivity (Wildman–Crippen MR) is 53.5 cm³/mol. The largest absolute Gasteiger partial charge is 0.323 e. The van der Waals surface area contributed by atoms with E-state index in [9.17, 15) is 0 Å². The van der Waals surface area contributed by atoms with Crippen LogP contribution in [0.25, 0.3) is 10.8 Å². The lowest BCUT2D eigenvalue weighted by Gasteiger charge is -1.98. The Kier molecular flexibility index (Phi) is 1.92. The summed E-state index contributed by atoms with van der Waals surface area (Å²) < 4.78 is 0. The van der Waals surface area contributed by atoms with Gasteiger partial charge in [-0.3, -0.25) is 4.98 Å². The highest BCUT2D eigenvalue weighted by Crippen LogP contribution is 2.14. The highest BCUT2D eigenvalue weighted by atomic mass is 15.1. The standard InChI is InChI=1S/C10H9N3/c11-13-7-10-9-4-2-1-3-8(9)5-6-12-10/h1-7H,11H2/b13-7+. The molecule has 0 saturated carbocycles. The lowest BCUT2D eigenvalue weighted by atomic mass is 10.1. The molecule has 2 N–H and O–H groups in total. The number of fused-ring (bicyclic) bond motifs is 1. The van der Waals surface area contributed by atoms with Gasteiger partial charge in [0.15, 0.2) is 0 Å². The van der Waals surface area contributed by atoms with Crippen LogP contribution in [-0.2, 0) is 0 Å². The molecule has 2 rings (SSSR count). The van der Waals surface area contributed by atoms with E-state index in [2.05, 4.69) is 10.1 Å². The number of hydrazone groups is 1. The minimum atomic E-state index is 0.806. The van der Waals surface area contributed by atoms with Crippen LogP contribution in [0.1, 0.15) is 5.69 Å². The van der Waals surface area contributed by atoms with Gasteiger partial charge < -0.3 is 5.84 Å². The number of pyridine rings is 1. The van der Waals surface area contributed by atoms with Gasteiger partial charge in [-0.15, -0.1) is 0 Å². The van der Waals surface area contributed by atoms with Crippen molar-refractivity contribution >= 4 is 17.0 Å². The van der Waals surface area contributed by atoms with Crippen molar-refractivity contribution in [3.63, 3.8) is 0 Å². The summed E-state index contributed by atoms with van der Waals surface area (Å²) in [7, 11) is 0. The molecule has 3 nitrogen and oxygen atoms in total. The number of hydrogen-bond donors (Lipinski definition) is 1. The maximum atomic E-state index is 5.08. The van der Waals surface area contributed by atoms with Crippen LogP contribution in [0.4, 0.5) is 0 Å². The molecule has 0 aliphatic carbocycles. The van der Waals surface area contributed by atoms with Crippen LogP contribution in [0, 0.1) is 0 Å². The highest BCUT2D eigenvalue weighted by molar-refractivity contribution is 5.97. The molecule has 13 heavy (non-hydrogen) atoms. The Hall–Kier alpha value is -1.90. The molecule has 0 spiro atoms. The van der Waals surface area contributed by atoms with E-state index in [0.29, 0.717) is 0 Å². The molecule has 2 aromatic rings. The Morgan fingerprint density at radius 3 is 2.92 bits per heavy atom. The fourth-order valence-electron chi connectivity index (χ4n) is 1.32. The van der Waals surface area contributed by atoms with E-state index < -0.39 is 0 Å². The first-order valence-corrected chi connectivity index (χ1v) is 3.99. The first kappa shape index (κ1) is 7.73. The average Bonchev–Trinajstić information content (AvgIpc) is 2.19. The molecule has 0 amide bonds. The van der Waals surface area contributed by atoms with Gasteiger partial charge in [0.05, 0.1) is 11.9 Å². The third-order valence-electron chi connectivity index (χ3n) is 1.90. The van der Waals surface area contributed by atoms with Crippen LogP contribution in [0.3, 0.4) is 0 Å². The third-order valence-corrected chi connectivity index (χ3v) is 1.90. The summed E-state index contributed by atoms with van der Waals surface area (Å²) in [6.07, 6.45) is 3.31. The molecule has 0 bridgehead atoms. The second-order valence-electron chi connectivity index (χ2n) is 2.70. The molecule has 0 atom stereocenters. The number of benzene rings is 1. The van der Waals surface area contributed by atoms with Gasteiger partial charge in [0.25, 0.3) is 0 Å². The molecule has 1 aromatic carbocycles. The fourth-order valence-corrected chi connectivity index (χ4v) is 1.32. The van der Waals surface area contributed by atoms with Crippen molar-refractivity contribution in [1.82, 2.24) is 4.98 Å². The van der Waals surface area contributed by atoms with Crippen molar-refractivity contribution in [1.29, 1.82) is 0 Å². The molecule has 0 aliphatic heterocycles. The minimum absolute atomic E-state index is 0.806. The van der Waals surface area contributed by atoms with E-state index in [-0.39, 0.29) is 0 Å². The molecular formula is C10H9N3. The van der Waals surface area contributed by atoms with Gasteiger partial charge in [0.2, 0.25) is 0 Å². The topological polar surface area (TPSA) is 51.3 Å². The van der Waals surface area contributed by atoms with Crippen LogP contribution in [0.2, 0.25) is 0 Å². The molecule has 1 heterocycles. The van der Waals surface area contributed by atoms with Crippen LogP contribution < -0.4 is 5.84 Å². The van der Waals surface area contributed by atoms with Crippen molar-refractivity contribution in [3.8, 4) is 0 Å². The smallest absolute Gasteiger partial charge is 0.0908 e. The van der Waals surface area contributed by atoms with E-state index in [1.54, 1.807) is 12.4 Å². The van der Waals surface area contributed by atoms with Gasteiger partial charge in [0, 0.05) is 11.6 Å². The fraction of sp³-hybridized carbons (Fsp3) is 0. The molecule has 1 aromatic heterocycles. The number of nitrogens with zero attached hydrogens (tertiary/aromatic N) is 2.